The number of methoxy groups -OCH3 is 1. The Morgan fingerprint density at radius 3 is 2.59 bits per heavy atom. The van der Waals surface area contributed by atoms with E-state index in [4.69, 9.17) is 4.74 Å². The SMILES string of the molecule is CCC(C(=O)OC)C(O)c1cc(C)ccc1C. The third-order valence-corrected chi connectivity index (χ3v) is 3.08. The van der Waals surface area contributed by atoms with Gasteiger partial charge < -0.3 is 9.84 Å². The summed E-state index contributed by atoms with van der Waals surface area (Å²) in [7, 11) is 1.35. The van der Waals surface area contributed by atoms with Gasteiger partial charge in [0.25, 0.3) is 0 Å². The van der Waals surface area contributed by atoms with Crippen molar-refractivity contribution in [3.05, 3.63) is 34.9 Å². The quantitative estimate of drug-likeness (QED) is 0.817. The lowest BCUT2D eigenvalue weighted by Crippen LogP contribution is -2.23. The lowest BCUT2D eigenvalue weighted by molar-refractivity contribution is -0.149. The van der Waals surface area contributed by atoms with E-state index < -0.39 is 12.0 Å². The summed E-state index contributed by atoms with van der Waals surface area (Å²) in [5, 5.41) is 10.3. The third-order valence-electron chi connectivity index (χ3n) is 3.08. The van der Waals surface area contributed by atoms with Crippen LogP contribution in [0.15, 0.2) is 18.2 Å². The molecule has 2 atom stereocenters. The average Bonchev–Trinajstić information content (AvgIpc) is 2.32. The van der Waals surface area contributed by atoms with E-state index in [-0.39, 0.29) is 5.97 Å². The van der Waals surface area contributed by atoms with Gasteiger partial charge in [-0.15, -0.1) is 0 Å². The van der Waals surface area contributed by atoms with Gasteiger partial charge in [-0.25, -0.2) is 0 Å². The summed E-state index contributed by atoms with van der Waals surface area (Å²) in [4.78, 5) is 11.6. The predicted octanol–water partition coefficient (Wildman–Crippen LogP) is 2.54. The molecule has 0 aliphatic rings. The van der Waals surface area contributed by atoms with Crippen molar-refractivity contribution in [3.63, 3.8) is 0 Å². The molecule has 94 valence electrons. The highest BCUT2D eigenvalue weighted by molar-refractivity contribution is 5.73. The van der Waals surface area contributed by atoms with E-state index in [1.807, 2.05) is 39.0 Å². The summed E-state index contributed by atoms with van der Waals surface area (Å²) in [5.41, 5.74) is 2.87. The number of carbonyl (C=O) groups excluding carboxylic acids is 1. The van der Waals surface area contributed by atoms with Crippen LogP contribution in [0.25, 0.3) is 0 Å². The van der Waals surface area contributed by atoms with Gasteiger partial charge in [0.2, 0.25) is 0 Å². The van der Waals surface area contributed by atoms with E-state index in [0.717, 1.165) is 16.7 Å². The fourth-order valence-corrected chi connectivity index (χ4v) is 1.97. The highest BCUT2D eigenvalue weighted by Crippen LogP contribution is 2.28. The molecule has 17 heavy (non-hydrogen) atoms. The van der Waals surface area contributed by atoms with Crippen molar-refractivity contribution in [2.45, 2.75) is 33.3 Å². The molecule has 0 saturated carbocycles. The van der Waals surface area contributed by atoms with Crippen molar-refractivity contribution in [2.24, 2.45) is 5.92 Å². The van der Waals surface area contributed by atoms with Crippen LogP contribution in [0.1, 0.15) is 36.1 Å². The van der Waals surface area contributed by atoms with Crippen LogP contribution >= 0.6 is 0 Å². The molecular weight excluding hydrogens is 216 g/mol. The van der Waals surface area contributed by atoms with E-state index in [2.05, 4.69) is 0 Å². The highest BCUT2D eigenvalue weighted by atomic mass is 16.5. The largest absolute Gasteiger partial charge is 0.469 e. The van der Waals surface area contributed by atoms with Crippen LogP contribution in [0, 0.1) is 19.8 Å². The molecule has 2 unspecified atom stereocenters. The second-order valence-corrected chi connectivity index (χ2v) is 4.34. The first-order valence-corrected chi connectivity index (χ1v) is 5.84. The van der Waals surface area contributed by atoms with Crippen molar-refractivity contribution in [1.82, 2.24) is 0 Å². The molecule has 3 nitrogen and oxygen atoms in total. The number of carbonyl (C=O) groups is 1. The maximum atomic E-state index is 11.6. The van der Waals surface area contributed by atoms with Crippen LogP contribution in [-0.2, 0) is 9.53 Å². The lowest BCUT2D eigenvalue weighted by Gasteiger charge is -2.21. The molecule has 0 aliphatic heterocycles. The smallest absolute Gasteiger partial charge is 0.311 e. The summed E-state index contributed by atoms with van der Waals surface area (Å²) in [6.45, 7) is 5.77. The van der Waals surface area contributed by atoms with Crippen molar-refractivity contribution in [3.8, 4) is 0 Å². The predicted molar refractivity (Wildman–Crippen MR) is 66.7 cm³/mol. The number of hydrogen-bond acceptors (Lipinski definition) is 3. The highest BCUT2D eigenvalue weighted by Gasteiger charge is 2.28. The number of benzene rings is 1. The molecule has 0 bridgehead atoms. The topological polar surface area (TPSA) is 46.5 Å². The van der Waals surface area contributed by atoms with Crippen LogP contribution in [0.3, 0.4) is 0 Å². The van der Waals surface area contributed by atoms with Gasteiger partial charge in [-0.2, -0.15) is 0 Å². The molecule has 3 heteroatoms. The summed E-state index contributed by atoms with van der Waals surface area (Å²) < 4.78 is 4.72. The van der Waals surface area contributed by atoms with Gasteiger partial charge in [-0.05, 0) is 31.4 Å². The molecule has 0 aliphatic carbocycles. The Morgan fingerprint density at radius 2 is 2.06 bits per heavy atom. The molecule has 0 spiro atoms. The standard InChI is InChI=1S/C14H20O3/c1-5-11(14(16)17-4)13(15)12-8-9(2)6-7-10(12)3/h6-8,11,13,15H,5H2,1-4H3. The zero-order valence-electron chi connectivity index (χ0n) is 10.9. The van der Waals surface area contributed by atoms with E-state index in [0.29, 0.717) is 6.42 Å². The second-order valence-electron chi connectivity index (χ2n) is 4.34. The van der Waals surface area contributed by atoms with Crippen LogP contribution in [0.4, 0.5) is 0 Å². The number of aliphatic hydroxyl groups excluding tert-OH is 1. The van der Waals surface area contributed by atoms with Crippen LogP contribution in [-0.4, -0.2) is 18.2 Å². The summed E-state index contributed by atoms with van der Waals surface area (Å²) in [5.74, 6) is -0.860. The van der Waals surface area contributed by atoms with Crippen LogP contribution < -0.4 is 0 Å². The van der Waals surface area contributed by atoms with Gasteiger partial charge >= 0.3 is 5.97 Å². The number of esters is 1. The minimum Gasteiger partial charge on any atom is -0.469 e. The lowest BCUT2D eigenvalue weighted by atomic mass is 9.90. The molecule has 0 amide bonds. The Labute approximate surface area is 102 Å². The fourth-order valence-electron chi connectivity index (χ4n) is 1.97. The van der Waals surface area contributed by atoms with Crippen molar-refractivity contribution in [1.29, 1.82) is 0 Å². The summed E-state index contributed by atoms with van der Waals surface area (Å²) >= 11 is 0. The van der Waals surface area contributed by atoms with E-state index in [9.17, 15) is 9.90 Å². The number of ether oxygens (including phenoxy) is 1. The van der Waals surface area contributed by atoms with Gasteiger partial charge in [-0.3, -0.25) is 4.79 Å². The zero-order valence-corrected chi connectivity index (χ0v) is 10.9. The van der Waals surface area contributed by atoms with E-state index in [1.165, 1.54) is 7.11 Å². The molecule has 0 saturated heterocycles. The van der Waals surface area contributed by atoms with Gasteiger partial charge in [-0.1, -0.05) is 30.7 Å². The van der Waals surface area contributed by atoms with Crippen LogP contribution in [0.5, 0.6) is 0 Å². The number of aliphatic hydroxyl groups is 1. The molecule has 0 heterocycles. The van der Waals surface area contributed by atoms with E-state index >= 15 is 0 Å². The molecule has 1 rings (SSSR count). The zero-order chi connectivity index (χ0) is 13.0. The monoisotopic (exact) mass is 236 g/mol. The third kappa shape index (κ3) is 3.07. The minimum atomic E-state index is -0.799. The minimum absolute atomic E-state index is 0.360. The molecule has 1 aromatic carbocycles. The van der Waals surface area contributed by atoms with Gasteiger partial charge in [0.05, 0.1) is 19.1 Å². The average molecular weight is 236 g/mol. The van der Waals surface area contributed by atoms with Gasteiger partial charge in [0.15, 0.2) is 0 Å². The molecule has 0 aromatic heterocycles. The Morgan fingerprint density at radius 1 is 1.41 bits per heavy atom. The van der Waals surface area contributed by atoms with Gasteiger partial charge in [0, 0.05) is 0 Å². The Hall–Kier alpha value is -1.35. The van der Waals surface area contributed by atoms with Crippen LogP contribution in [0.2, 0.25) is 0 Å². The summed E-state index contributed by atoms with van der Waals surface area (Å²) in [6.07, 6.45) is -0.242. The van der Waals surface area contributed by atoms with Gasteiger partial charge in [0.1, 0.15) is 0 Å². The maximum absolute atomic E-state index is 11.6. The molecule has 1 aromatic rings. The molecule has 0 radical (unpaired) electrons. The Balaban J connectivity index is 3.05. The first-order chi connectivity index (χ1) is 8.01. The Bertz CT molecular complexity index is 398. The normalized spacial score (nSPS) is 14.2. The summed E-state index contributed by atoms with van der Waals surface area (Å²) in [6, 6.07) is 5.87. The maximum Gasteiger partial charge on any atom is 0.311 e. The first-order valence-electron chi connectivity index (χ1n) is 5.84. The first kappa shape index (κ1) is 13.7. The van der Waals surface area contributed by atoms with E-state index in [1.54, 1.807) is 0 Å². The molecule has 0 fully saturated rings. The number of aryl methyl sites for hydroxylation is 2. The van der Waals surface area contributed by atoms with Crippen molar-refractivity contribution < 1.29 is 14.6 Å². The molecule has 1 N–H and O–H groups in total. The van der Waals surface area contributed by atoms with Crippen molar-refractivity contribution in [2.75, 3.05) is 7.11 Å². The Kier molecular flexibility index (Phi) is 4.70. The second kappa shape index (κ2) is 5.82. The molecular formula is C14H20O3. The van der Waals surface area contributed by atoms with Crippen molar-refractivity contribution >= 4 is 5.97 Å². The number of rotatable bonds is 4. The number of hydrogen-bond donors (Lipinski definition) is 1. The fraction of sp³-hybridized carbons (Fsp3) is 0.500.